The monoisotopic (exact) mass is 421 g/mol. The molecule has 160 valence electrons. The molecule has 2 aromatic heterocycles. The van der Waals surface area contributed by atoms with E-state index in [-0.39, 0.29) is 18.6 Å². The second kappa shape index (κ2) is 9.88. The van der Waals surface area contributed by atoms with Crippen molar-refractivity contribution in [1.29, 1.82) is 0 Å². The first kappa shape index (κ1) is 22.9. The molecule has 2 atom stereocenters. The van der Waals surface area contributed by atoms with Crippen molar-refractivity contribution in [2.45, 2.75) is 58.6 Å². The molecular formula is C18H31N7O3Si. The molecule has 0 aliphatic rings. The van der Waals surface area contributed by atoms with E-state index in [1.54, 1.807) is 17.1 Å². The van der Waals surface area contributed by atoms with Crippen LogP contribution in [0.4, 0.5) is 5.95 Å². The minimum Gasteiger partial charge on any atom is -0.481 e. The zero-order valence-electron chi connectivity index (χ0n) is 17.7. The molecule has 11 heteroatoms. The number of ether oxygens (including phenoxy) is 1. The third-order valence-electron chi connectivity index (χ3n) is 4.72. The maximum Gasteiger partial charge on any atom is 0.307 e. The van der Waals surface area contributed by atoms with Crippen molar-refractivity contribution in [3.8, 4) is 0 Å². The Kier molecular flexibility index (Phi) is 7.79. The van der Waals surface area contributed by atoms with Gasteiger partial charge >= 0.3 is 5.97 Å². The molecule has 29 heavy (non-hydrogen) atoms. The molecule has 0 aliphatic carbocycles. The second-order valence-corrected chi connectivity index (χ2v) is 14.4. The van der Waals surface area contributed by atoms with Crippen molar-refractivity contribution in [2.24, 2.45) is 11.8 Å². The van der Waals surface area contributed by atoms with Crippen LogP contribution in [0, 0.1) is 11.8 Å². The minimum absolute atomic E-state index is 0.120. The van der Waals surface area contributed by atoms with E-state index in [1.807, 2.05) is 13.8 Å². The summed E-state index contributed by atoms with van der Waals surface area (Å²) in [5.41, 5.74) is 6.33. The average molecular weight is 422 g/mol. The molecule has 0 aliphatic heterocycles. The number of carboxylic acid groups (broad SMARTS) is 1. The first-order chi connectivity index (χ1) is 13.6. The highest BCUT2D eigenvalue weighted by molar-refractivity contribution is 6.76. The van der Waals surface area contributed by atoms with Crippen molar-refractivity contribution in [1.82, 2.24) is 30.2 Å². The van der Waals surface area contributed by atoms with E-state index in [1.165, 1.54) is 0 Å². The Morgan fingerprint density at radius 3 is 2.48 bits per heavy atom. The molecule has 0 saturated heterocycles. The topological polar surface area (TPSA) is 142 Å². The first-order valence-corrected chi connectivity index (χ1v) is 13.4. The highest BCUT2D eigenvalue weighted by atomic mass is 28.3. The summed E-state index contributed by atoms with van der Waals surface area (Å²) in [6, 6.07) is 1.03. The summed E-state index contributed by atoms with van der Waals surface area (Å²) >= 11 is 0. The maximum atomic E-state index is 12.0. The molecule has 0 saturated carbocycles. The van der Waals surface area contributed by atoms with Gasteiger partial charge in [0, 0.05) is 33.0 Å². The Balaban J connectivity index is 2.25. The summed E-state index contributed by atoms with van der Waals surface area (Å²) in [4.78, 5) is 20.1. The van der Waals surface area contributed by atoms with Crippen LogP contribution in [0.5, 0.6) is 0 Å². The number of tetrazole rings is 1. The lowest BCUT2D eigenvalue weighted by Crippen LogP contribution is -2.31. The maximum absolute atomic E-state index is 12.0. The second-order valence-electron chi connectivity index (χ2n) is 8.75. The van der Waals surface area contributed by atoms with Crippen LogP contribution >= 0.6 is 0 Å². The van der Waals surface area contributed by atoms with Gasteiger partial charge in [-0.25, -0.2) is 14.6 Å². The number of nitrogen functional groups attached to an aromatic ring is 1. The third kappa shape index (κ3) is 6.86. The summed E-state index contributed by atoms with van der Waals surface area (Å²) in [6.45, 7) is 11.4. The van der Waals surface area contributed by atoms with Gasteiger partial charge < -0.3 is 15.6 Å². The number of hydrogen-bond donors (Lipinski definition) is 2. The van der Waals surface area contributed by atoms with Gasteiger partial charge in [0.05, 0.1) is 5.92 Å². The number of carbonyl (C=O) groups is 1. The smallest absolute Gasteiger partial charge is 0.307 e. The van der Waals surface area contributed by atoms with Gasteiger partial charge in [0.2, 0.25) is 5.95 Å². The fourth-order valence-electron chi connectivity index (χ4n) is 3.12. The van der Waals surface area contributed by atoms with Crippen LogP contribution in [0.15, 0.2) is 12.4 Å². The minimum atomic E-state index is -1.21. The van der Waals surface area contributed by atoms with Crippen molar-refractivity contribution >= 4 is 20.0 Å². The summed E-state index contributed by atoms with van der Waals surface area (Å²) in [6.07, 6.45) is 3.59. The molecule has 2 heterocycles. The Morgan fingerprint density at radius 1 is 1.28 bits per heavy atom. The molecule has 0 fully saturated rings. The summed E-state index contributed by atoms with van der Waals surface area (Å²) in [7, 11) is -1.21. The zero-order chi connectivity index (χ0) is 21.6. The Hall–Kier alpha value is -2.40. The summed E-state index contributed by atoms with van der Waals surface area (Å²) in [5, 5.41) is 21.8. The lowest BCUT2D eigenvalue weighted by Gasteiger charge is -2.26. The molecule has 10 nitrogen and oxygen atoms in total. The zero-order valence-corrected chi connectivity index (χ0v) is 18.7. The fraction of sp³-hybridized carbons (Fsp3) is 0.667. The predicted molar refractivity (Wildman–Crippen MR) is 111 cm³/mol. The number of hydrogen-bond acceptors (Lipinski definition) is 8. The van der Waals surface area contributed by atoms with Gasteiger partial charge in [-0.15, -0.1) is 5.10 Å². The molecule has 0 amide bonds. The molecule has 0 radical (unpaired) electrons. The standard InChI is InChI=1S/C18H31N7O3Si/c1-12(2)15(17(26)27)14(8-13-9-20-18(19)21-10-13)16-22-23-24-25(16)11-28-6-7-29(3,4)5/h9-10,12,14-15H,6-8,11H2,1-5H3,(H,26,27)(H2,19,20,21)/t14-,15-/m0/s1. The number of anilines is 1. The van der Waals surface area contributed by atoms with Gasteiger partial charge in [0.25, 0.3) is 0 Å². The third-order valence-corrected chi connectivity index (χ3v) is 6.42. The van der Waals surface area contributed by atoms with E-state index in [0.717, 1.165) is 11.6 Å². The van der Waals surface area contributed by atoms with Gasteiger partial charge in [-0.2, -0.15) is 0 Å². The molecule has 3 N–H and O–H groups in total. The molecule has 2 aromatic rings. The summed E-state index contributed by atoms with van der Waals surface area (Å²) in [5.74, 6) is -1.50. The van der Waals surface area contributed by atoms with Crippen LogP contribution in [0.25, 0.3) is 0 Å². The molecule has 0 aromatic carbocycles. The van der Waals surface area contributed by atoms with E-state index < -0.39 is 25.9 Å². The van der Waals surface area contributed by atoms with Crippen LogP contribution in [0.1, 0.15) is 31.2 Å². The predicted octanol–water partition coefficient (Wildman–Crippen LogP) is 2.04. The highest BCUT2D eigenvalue weighted by Crippen LogP contribution is 2.32. The lowest BCUT2D eigenvalue weighted by molar-refractivity contribution is -0.144. The number of carboxylic acids is 1. The van der Waals surface area contributed by atoms with Crippen LogP contribution in [-0.2, 0) is 22.7 Å². The van der Waals surface area contributed by atoms with E-state index >= 15 is 0 Å². The Bertz CT molecular complexity index is 789. The molecule has 0 bridgehead atoms. The van der Waals surface area contributed by atoms with Crippen molar-refractivity contribution in [2.75, 3.05) is 12.3 Å². The van der Waals surface area contributed by atoms with Gasteiger partial charge in [-0.05, 0) is 34.4 Å². The fourth-order valence-corrected chi connectivity index (χ4v) is 3.88. The first-order valence-electron chi connectivity index (χ1n) is 9.71. The Morgan fingerprint density at radius 2 is 1.93 bits per heavy atom. The van der Waals surface area contributed by atoms with E-state index in [4.69, 9.17) is 10.5 Å². The number of nitrogens with zero attached hydrogens (tertiary/aromatic N) is 6. The van der Waals surface area contributed by atoms with Crippen molar-refractivity contribution in [3.05, 3.63) is 23.8 Å². The van der Waals surface area contributed by atoms with Gasteiger partial charge in [-0.1, -0.05) is 33.5 Å². The molecular weight excluding hydrogens is 390 g/mol. The lowest BCUT2D eigenvalue weighted by atomic mass is 9.79. The van der Waals surface area contributed by atoms with Crippen molar-refractivity contribution in [3.63, 3.8) is 0 Å². The van der Waals surface area contributed by atoms with Crippen molar-refractivity contribution < 1.29 is 14.6 Å². The largest absolute Gasteiger partial charge is 0.481 e. The highest BCUT2D eigenvalue weighted by Gasteiger charge is 2.36. The summed E-state index contributed by atoms with van der Waals surface area (Å²) < 4.78 is 7.33. The normalized spacial score (nSPS) is 14.1. The van der Waals surface area contributed by atoms with Crippen LogP contribution in [0.2, 0.25) is 25.7 Å². The quantitative estimate of drug-likeness (QED) is 0.411. The average Bonchev–Trinajstić information content (AvgIpc) is 3.07. The molecule has 0 spiro atoms. The SMILES string of the molecule is CC(C)[C@H](C(=O)O)[C@H](Cc1cnc(N)nc1)c1nnnn1COCC[Si](C)(C)C. The number of rotatable bonds is 11. The van der Waals surface area contributed by atoms with E-state index in [2.05, 4.69) is 45.1 Å². The number of aliphatic carboxylic acids is 1. The number of aromatic nitrogens is 6. The van der Waals surface area contributed by atoms with Crippen LogP contribution in [-0.4, -0.2) is 55.9 Å². The van der Waals surface area contributed by atoms with E-state index in [0.29, 0.717) is 18.9 Å². The molecule has 0 unspecified atom stereocenters. The number of nitrogens with two attached hydrogens (primary N) is 1. The van der Waals surface area contributed by atoms with Crippen LogP contribution < -0.4 is 5.73 Å². The van der Waals surface area contributed by atoms with Gasteiger partial charge in [0.1, 0.15) is 6.73 Å². The van der Waals surface area contributed by atoms with Gasteiger partial charge in [0.15, 0.2) is 5.82 Å². The Labute approximate surface area is 171 Å². The molecule has 2 rings (SSSR count). The van der Waals surface area contributed by atoms with Gasteiger partial charge in [-0.3, -0.25) is 4.79 Å². The van der Waals surface area contributed by atoms with E-state index in [9.17, 15) is 9.90 Å². The van der Waals surface area contributed by atoms with Crippen LogP contribution in [0.3, 0.4) is 0 Å².